The van der Waals surface area contributed by atoms with Crippen molar-refractivity contribution in [2.24, 2.45) is 5.10 Å². The molecule has 0 heterocycles. The number of hydrazone groups is 1. The van der Waals surface area contributed by atoms with Gasteiger partial charge in [0, 0.05) is 11.1 Å². The molecule has 0 saturated carbocycles. The molecule has 2 rings (SSSR count). The molecule has 2 aromatic carbocycles. The minimum atomic E-state index is -0.278. The van der Waals surface area contributed by atoms with E-state index in [2.05, 4.69) is 31.3 Å². The Morgan fingerprint density at radius 1 is 1.04 bits per heavy atom. The molecule has 2 aromatic rings. The van der Waals surface area contributed by atoms with Gasteiger partial charge in [-0.2, -0.15) is 5.10 Å². The molecule has 0 unspecified atom stereocenters. The summed E-state index contributed by atoms with van der Waals surface area (Å²) in [5.41, 5.74) is 5.43. The molecule has 1 amide bonds. The molecule has 120 valence electrons. The van der Waals surface area contributed by atoms with Crippen molar-refractivity contribution in [3.05, 3.63) is 65.2 Å². The summed E-state index contributed by atoms with van der Waals surface area (Å²) in [5, 5.41) is 13.8. The fourth-order valence-electron chi connectivity index (χ4n) is 2.16. The maximum Gasteiger partial charge on any atom is 0.271 e. The Hall–Kier alpha value is -2.62. The molecule has 0 radical (unpaired) electrons. The summed E-state index contributed by atoms with van der Waals surface area (Å²) in [4.78, 5) is 12.1. The zero-order valence-corrected chi connectivity index (χ0v) is 13.9. The SMILES string of the molecule is C/C(=N/NC(=O)c1ccc(C(C)(C)C)cc1)c1ccccc1O. The van der Waals surface area contributed by atoms with Crippen LogP contribution in [0.3, 0.4) is 0 Å². The summed E-state index contributed by atoms with van der Waals surface area (Å²) >= 11 is 0. The third kappa shape index (κ3) is 4.19. The van der Waals surface area contributed by atoms with Crippen LogP contribution in [0.25, 0.3) is 0 Å². The Morgan fingerprint density at radius 2 is 1.65 bits per heavy atom. The number of hydrogen-bond donors (Lipinski definition) is 2. The van der Waals surface area contributed by atoms with Crippen LogP contribution >= 0.6 is 0 Å². The Kier molecular flexibility index (Phi) is 4.84. The minimum Gasteiger partial charge on any atom is -0.507 e. The van der Waals surface area contributed by atoms with E-state index in [9.17, 15) is 9.90 Å². The van der Waals surface area contributed by atoms with Gasteiger partial charge in [0.1, 0.15) is 5.75 Å². The van der Waals surface area contributed by atoms with Crippen LogP contribution in [0.2, 0.25) is 0 Å². The van der Waals surface area contributed by atoms with Gasteiger partial charge in [-0.25, -0.2) is 5.43 Å². The maximum atomic E-state index is 12.1. The fraction of sp³-hybridized carbons (Fsp3) is 0.263. The number of phenols is 1. The van der Waals surface area contributed by atoms with Crippen molar-refractivity contribution in [3.63, 3.8) is 0 Å². The Balaban J connectivity index is 2.10. The molecule has 0 aliphatic rings. The van der Waals surface area contributed by atoms with E-state index in [1.807, 2.05) is 12.1 Å². The normalized spacial score (nSPS) is 12.1. The summed E-state index contributed by atoms with van der Waals surface area (Å²) in [6, 6.07) is 14.4. The van der Waals surface area contributed by atoms with Crippen LogP contribution in [0.4, 0.5) is 0 Å². The van der Waals surface area contributed by atoms with E-state index in [1.165, 1.54) is 5.56 Å². The molecular weight excluding hydrogens is 288 g/mol. The first-order valence-corrected chi connectivity index (χ1v) is 7.52. The second kappa shape index (κ2) is 6.65. The van der Waals surface area contributed by atoms with Gasteiger partial charge in [-0.3, -0.25) is 4.79 Å². The number of carbonyl (C=O) groups excluding carboxylic acids is 1. The Labute approximate surface area is 136 Å². The third-order valence-corrected chi connectivity index (χ3v) is 3.63. The van der Waals surface area contributed by atoms with Gasteiger partial charge in [0.25, 0.3) is 5.91 Å². The molecule has 0 aromatic heterocycles. The number of para-hydroxylation sites is 1. The number of nitrogens with zero attached hydrogens (tertiary/aromatic N) is 1. The Morgan fingerprint density at radius 3 is 2.22 bits per heavy atom. The number of aromatic hydroxyl groups is 1. The average Bonchev–Trinajstić information content (AvgIpc) is 2.52. The average molecular weight is 310 g/mol. The monoisotopic (exact) mass is 310 g/mol. The van der Waals surface area contributed by atoms with Crippen LogP contribution in [0.1, 0.15) is 49.2 Å². The summed E-state index contributed by atoms with van der Waals surface area (Å²) in [6.07, 6.45) is 0. The maximum absolute atomic E-state index is 12.1. The lowest BCUT2D eigenvalue weighted by atomic mass is 9.87. The topological polar surface area (TPSA) is 61.7 Å². The van der Waals surface area contributed by atoms with E-state index in [4.69, 9.17) is 0 Å². The van der Waals surface area contributed by atoms with Crippen LogP contribution < -0.4 is 5.43 Å². The molecule has 0 fully saturated rings. The van der Waals surface area contributed by atoms with Crippen LogP contribution in [0, 0.1) is 0 Å². The smallest absolute Gasteiger partial charge is 0.271 e. The first kappa shape index (κ1) is 16.7. The van der Waals surface area contributed by atoms with E-state index in [0.29, 0.717) is 16.8 Å². The van der Waals surface area contributed by atoms with Gasteiger partial charge in [0.05, 0.1) is 5.71 Å². The summed E-state index contributed by atoms with van der Waals surface area (Å²) in [6.45, 7) is 8.12. The molecule has 0 aliphatic carbocycles. The zero-order valence-electron chi connectivity index (χ0n) is 13.9. The van der Waals surface area contributed by atoms with Crippen LogP contribution in [-0.4, -0.2) is 16.7 Å². The lowest BCUT2D eigenvalue weighted by Crippen LogP contribution is -2.20. The number of nitrogens with one attached hydrogen (secondary N) is 1. The predicted molar refractivity (Wildman–Crippen MR) is 92.9 cm³/mol. The molecule has 0 saturated heterocycles. The first-order chi connectivity index (χ1) is 10.8. The summed E-state index contributed by atoms with van der Waals surface area (Å²) in [5.74, 6) is -0.141. The van der Waals surface area contributed by atoms with Crippen molar-refractivity contribution in [1.82, 2.24) is 5.43 Å². The highest BCUT2D eigenvalue weighted by molar-refractivity contribution is 6.02. The highest BCUT2D eigenvalue weighted by atomic mass is 16.3. The van der Waals surface area contributed by atoms with E-state index >= 15 is 0 Å². The van der Waals surface area contributed by atoms with Crippen LogP contribution in [0.5, 0.6) is 5.75 Å². The van der Waals surface area contributed by atoms with E-state index in [1.54, 1.807) is 43.3 Å². The van der Waals surface area contributed by atoms with Crippen LogP contribution in [-0.2, 0) is 5.41 Å². The van der Waals surface area contributed by atoms with Gasteiger partial charge in [0.15, 0.2) is 0 Å². The number of carbonyl (C=O) groups is 1. The molecule has 0 spiro atoms. The molecule has 0 bridgehead atoms. The van der Waals surface area contributed by atoms with Crippen molar-refractivity contribution in [3.8, 4) is 5.75 Å². The molecule has 2 N–H and O–H groups in total. The highest BCUT2D eigenvalue weighted by Gasteiger charge is 2.14. The Bertz CT molecular complexity index is 726. The van der Waals surface area contributed by atoms with Crippen molar-refractivity contribution in [1.29, 1.82) is 0 Å². The molecule has 23 heavy (non-hydrogen) atoms. The van der Waals surface area contributed by atoms with Gasteiger partial charge in [-0.15, -0.1) is 0 Å². The number of amides is 1. The molecule has 4 nitrogen and oxygen atoms in total. The predicted octanol–water partition coefficient (Wildman–Crippen LogP) is 3.84. The molecule has 0 atom stereocenters. The largest absolute Gasteiger partial charge is 0.507 e. The van der Waals surface area contributed by atoms with Crippen molar-refractivity contribution >= 4 is 11.6 Å². The van der Waals surface area contributed by atoms with Gasteiger partial charge in [0.2, 0.25) is 0 Å². The minimum absolute atomic E-state index is 0.0502. The quantitative estimate of drug-likeness (QED) is 0.668. The zero-order chi connectivity index (χ0) is 17.0. The van der Waals surface area contributed by atoms with Gasteiger partial charge >= 0.3 is 0 Å². The summed E-state index contributed by atoms with van der Waals surface area (Å²) < 4.78 is 0. The number of hydrogen-bond acceptors (Lipinski definition) is 3. The highest BCUT2D eigenvalue weighted by Crippen LogP contribution is 2.22. The number of rotatable bonds is 3. The number of benzene rings is 2. The van der Waals surface area contributed by atoms with E-state index < -0.39 is 0 Å². The molecular formula is C19H22N2O2. The fourth-order valence-corrected chi connectivity index (χ4v) is 2.16. The lowest BCUT2D eigenvalue weighted by Gasteiger charge is -2.18. The van der Waals surface area contributed by atoms with Crippen LogP contribution in [0.15, 0.2) is 53.6 Å². The van der Waals surface area contributed by atoms with Crippen molar-refractivity contribution in [2.45, 2.75) is 33.1 Å². The molecule has 4 heteroatoms. The lowest BCUT2D eigenvalue weighted by molar-refractivity contribution is 0.0954. The number of phenolic OH excluding ortho intramolecular Hbond substituents is 1. The van der Waals surface area contributed by atoms with Gasteiger partial charge < -0.3 is 5.11 Å². The second-order valence-corrected chi connectivity index (χ2v) is 6.48. The second-order valence-electron chi connectivity index (χ2n) is 6.48. The standard InChI is InChI=1S/C19H22N2O2/c1-13(16-7-5-6-8-17(16)22)20-21-18(23)14-9-11-15(12-10-14)19(2,3)4/h5-12,22H,1-4H3,(H,21,23)/b20-13-. The van der Waals surface area contributed by atoms with Crippen molar-refractivity contribution in [2.75, 3.05) is 0 Å². The first-order valence-electron chi connectivity index (χ1n) is 7.52. The van der Waals surface area contributed by atoms with Crippen molar-refractivity contribution < 1.29 is 9.90 Å². The van der Waals surface area contributed by atoms with E-state index in [0.717, 1.165) is 0 Å². The molecule has 0 aliphatic heterocycles. The summed E-state index contributed by atoms with van der Waals surface area (Å²) in [7, 11) is 0. The van der Waals surface area contributed by atoms with Gasteiger partial charge in [-0.05, 0) is 42.2 Å². The van der Waals surface area contributed by atoms with E-state index in [-0.39, 0.29) is 17.1 Å². The van der Waals surface area contributed by atoms with Gasteiger partial charge in [-0.1, -0.05) is 45.0 Å². The third-order valence-electron chi connectivity index (χ3n) is 3.63.